The van der Waals surface area contributed by atoms with Crippen molar-refractivity contribution in [1.82, 2.24) is 5.32 Å². The van der Waals surface area contributed by atoms with Gasteiger partial charge >= 0.3 is 5.97 Å². The number of rotatable bonds is 4. The van der Waals surface area contributed by atoms with Gasteiger partial charge in [0.05, 0.1) is 0 Å². The van der Waals surface area contributed by atoms with Crippen LogP contribution in [-0.2, 0) is 33.3 Å². The SMILES string of the molecule is CC(C)C(NC(=O)C1OC2OC(C)(C)OC2C2OC(C)(C)OC12)C(=O)O. The number of carboxylic acids is 1. The lowest BCUT2D eigenvalue weighted by Gasteiger charge is -2.37. The van der Waals surface area contributed by atoms with E-state index in [0.29, 0.717) is 0 Å². The van der Waals surface area contributed by atoms with Crippen LogP contribution in [0, 0.1) is 5.92 Å². The van der Waals surface area contributed by atoms with Gasteiger partial charge in [0, 0.05) is 0 Å². The van der Waals surface area contributed by atoms with E-state index in [1.54, 1.807) is 41.5 Å². The zero-order valence-corrected chi connectivity index (χ0v) is 15.8. The first-order chi connectivity index (χ1) is 11.9. The van der Waals surface area contributed by atoms with Gasteiger partial charge in [0.1, 0.15) is 24.4 Å². The third-order valence-electron chi connectivity index (χ3n) is 4.64. The number of nitrogens with one attached hydrogen (secondary N) is 1. The van der Waals surface area contributed by atoms with E-state index in [9.17, 15) is 14.7 Å². The van der Waals surface area contributed by atoms with Gasteiger partial charge in [-0.25, -0.2) is 4.79 Å². The summed E-state index contributed by atoms with van der Waals surface area (Å²) in [5.74, 6) is -3.78. The van der Waals surface area contributed by atoms with Crippen LogP contribution in [-0.4, -0.2) is 65.3 Å². The predicted molar refractivity (Wildman–Crippen MR) is 86.9 cm³/mol. The van der Waals surface area contributed by atoms with Crippen molar-refractivity contribution in [3.8, 4) is 0 Å². The Balaban J connectivity index is 1.82. The predicted octanol–water partition coefficient (Wildman–Crippen LogP) is 0.608. The minimum atomic E-state index is -1.11. The lowest BCUT2D eigenvalue weighted by molar-refractivity contribution is -0.231. The van der Waals surface area contributed by atoms with Crippen molar-refractivity contribution < 1.29 is 38.4 Å². The first kappa shape index (κ1) is 19.5. The molecule has 0 bridgehead atoms. The van der Waals surface area contributed by atoms with E-state index in [2.05, 4.69) is 5.32 Å². The smallest absolute Gasteiger partial charge is 0.326 e. The summed E-state index contributed by atoms with van der Waals surface area (Å²) in [5, 5.41) is 11.9. The molecule has 0 aliphatic carbocycles. The summed E-state index contributed by atoms with van der Waals surface area (Å²) in [5.41, 5.74) is 0. The van der Waals surface area contributed by atoms with Gasteiger partial charge in [-0.05, 0) is 33.6 Å². The summed E-state index contributed by atoms with van der Waals surface area (Å²) < 4.78 is 29.2. The van der Waals surface area contributed by atoms with Gasteiger partial charge in [-0.3, -0.25) is 4.79 Å². The fraction of sp³-hybridized carbons (Fsp3) is 0.882. The van der Waals surface area contributed by atoms with Crippen molar-refractivity contribution in [2.75, 3.05) is 0 Å². The fourth-order valence-corrected chi connectivity index (χ4v) is 3.57. The zero-order chi connectivity index (χ0) is 19.4. The summed E-state index contributed by atoms with van der Waals surface area (Å²) in [7, 11) is 0. The molecule has 9 nitrogen and oxygen atoms in total. The summed E-state index contributed by atoms with van der Waals surface area (Å²) in [6.07, 6.45) is -3.71. The number of hydrogen-bond donors (Lipinski definition) is 2. The Kier molecular flexibility index (Phi) is 4.81. The van der Waals surface area contributed by atoms with Crippen LogP contribution in [0.15, 0.2) is 0 Å². The molecule has 26 heavy (non-hydrogen) atoms. The number of carbonyl (C=O) groups excluding carboxylic acids is 1. The van der Waals surface area contributed by atoms with Crippen molar-refractivity contribution in [1.29, 1.82) is 0 Å². The average Bonchev–Trinajstić information content (AvgIpc) is 2.96. The van der Waals surface area contributed by atoms with Crippen LogP contribution in [0.4, 0.5) is 0 Å². The van der Waals surface area contributed by atoms with Gasteiger partial charge in [0.25, 0.3) is 5.91 Å². The Morgan fingerprint density at radius 3 is 2.04 bits per heavy atom. The molecule has 0 radical (unpaired) electrons. The molecule has 6 unspecified atom stereocenters. The molecular formula is C17H27NO8. The first-order valence-electron chi connectivity index (χ1n) is 8.80. The third-order valence-corrected chi connectivity index (χ3v) is 4.64. The molecule has 3 aliphatic heterocycles. The van der Waals surface area contributed by atoms with Crippen LogP contribution in [0.25, 0.3) is 0 Å². The second-order valence-corrected chi connectivity index (χ2v) is 8.16. The van der Waals surface area contributed by atoms with Crippen molar-refractivity contribution in [3.05, 3.63) is 0 Å². The monoisotopic (exact) mass is 373 g/mol. The Labute approximate surface area is 152 Å². The second kappa shape index (κ2) is 6.42. The van der Waals surface area contributed by atoms with Crippen LogP contribution in [0.2, 0.25) is 0 Å². The van der Waals surface area contributed by atoms with Crippen molar-refractivity contribution >= 4 is 11.9 Å². The molecule has 148 valence electrons. The van der Waals surface area contributed by atoms with Gasteiger partial charge in [-0.1, -0.05) is 13.8 Å². The standard InChI is InChI=1S/C17H27NO8/c1-7(2)8(14(20)21)18-13(19)11-9-10(24-16(3,4)23-9)12-15(22-11)26-17(5,6)25-12/h7-12,15H,1-6H3,(H,18,19)(H,20,21). The van der Waals surface area contributed by atoms with Crippen LogP contribution in [0.5, 0.6) is 0 Å². The molecule has 0 aromatic rings. The van der Waals surface area contributed by atoms with Gasteiger partial charge in [-0.2, -0.15) is 0 Å². The Morgan fingerprint density at radius 1 is 0.923 bits per heavy atom. The van der Waals surface area contributed by atoms with E-state index in [1.165, 1.54) is 0 Å². The molecule has 3 fully saturated rings. The van der Waals surface area contributed by atoms with Crippen LogP contribution < -0.4 is 5.32 Å². The molecule has 1 amide bonds. The van der Waals surface area contributed by atoms with E-state index < -0.39 is 60.2 Å². The highest BCUT2D eigenvalue weighted by atomic mass is 16.9. The third kappa shape index (κ3) is 3.59. The molecule has 3 aliphatic rings. The van der Waals surface area contributed by atoms with Gasteiger partial charge in [0.2, 0.25) is 0 Å². The molecular weight excluding hydrogens is 346 g/mol. The fourth-order valence-electron chi connectivity index (χ4n) is 3.57. The highest BCUT2D eigenvalue weighted by molar-refractivity contribution is 5.87. The van der Waals surface area contributed by atoms with E-state index in [0.717, 1.165) is 0 Å². The van der Waals surface area contributed by atoms with E-state index in [4.69, 9.17) is 23.7 Å². The van der Waals surface area contributed by atoms with E-state index >= 15 is 0 Å². The molecule has 2 N–H and O–H groups in total. The van der Waals surface area contributed by atoms with E-state index in [1.807, 2.05) is 0 Å². The van der Waals surface area contributed by atoms with Crippen LogP contribution in [0.3, 0.4) is 0 Å². The minimum absolute atomic E-state index is 0.286. The van der Waals surface area contributed by atoms with Gasteiger partial charge in [-0.15, -0.1) is 0 Å². The van der Waals surface area contributed by atoms with Crippen LogP contribution >= 0.6 is 0 Å². The highest BCUT2D eigenvalue weighted by Crippen LogP contribution is 2.44. The van der Waals surface area contributed by atoms with Gasteiger partial charge < -0.3 is 34.1 Å². The molecule has 3 rings (SSSR count). The minimum Gasteiger partial charge on any atom is -0.480 e. The molecule has 9 heteroatoms. The summed E-state index contributed by atoms with van der Waals surface area (Å²) >= 11 is 0. The maximum Gasteiger partial charge on any atom is 0.326 e. The van der Waals surface area contributed by atoms with Crippen molar-refractivity contribution in [2.24, 2.45) is 5.92 Å². The lowest BCUT2D eigenvalue weighted by atomic mass is 9.97. The van der Waals surface area contributed by atoms with Crippen molar-refractivity contribution in [2.45, 2.75) is 89.9 Å². The maximum atomic E-state index is 12.8. The molecule has 6 atom stereocenters. The Morgan fingerprint density at radius 2 is 1.46 bits per heavy atom. The first-order valence-corrected chi connectivity index (χ1v) is 8.80. The molecule has 0 spiro atoms. The average molecular weight is 373 g/mol. The molecule has 0 aromatic carbocycles. The summed E-state index contributed by atoms with van der Waals surface area (Å²) in [4.78, 5) is 24.2. The molecule has 3 saturated heterocycles. The Bertz CT molecular complexity index is 589. The number of carboxylic acid groups (broad SMARTS) is 1. The number of aliphatic carboxylic acids is 1. The maximum absolute atomic E-state index is 12.8. The number of hydrogen-bond acceptors (Lipinski definition) is 7. The lowest BCUT2D eigenvalue weighted by Crippen LogP contribution is -2.61. The Hall–Kier alpha value is -1.26. The number of carbonyl (C=O) groups is 2. The summed E-state index contributed by atoms with van der Waals surface area (Å²) in [6, 6.07) is -1.03. The zero-order valence-electron chi connectivity index (χ0n) is 15.8. The number of amides is 1. The van der Waals surface area contributed by atoms with Crippen LogP contribution in [0.1, 0.15) is 41.5 Å². The normalized spacial score (nSPS) is 38.5. The largest absolute Gasteiger partial charge is 0.480 e. The highest BCUT2D eigenvalue weighted by Gasteiger charge is 2.62. The van der Waals surface area contributed by atoms with E-state index in [-0.39, 0.29) is 5.92 Å². The number of ether oxygens (including phenoxy) is 5. The second-order valence-electron chi connectivity index (χ2n) is 8.16. The van der Waals surface area contributed by atoms with Gasteiger partial charge in [0.15, 0.2) is 24.0 Å². The summed E-state index contributed by atoms with van der Waals surface area (Å²) in [6.45, 7) is 10.4. The van der Waals surface area contributed by atoms with Crippen molar-refractivity contribution in [3.63, 3.8) is 0 Å². The topological polar surface area (TPSA) is 113 Å². The molecule has 3 heterocycles. The number of fused-ring (bicyclic) bond motifs is 3. The molecule has 0 saturated carbocycles. The quantitative estimate of drug-likeness (QED) is 0.737. The molecule has 0 aromatic heterocycles.